The molecule has 1 N–H and O–H groups in total. The van der Waals surface area contributed by atoms with E-state index >= 15 is 0 Å². The van der Waals surface area contributed by atoms with Crippen LogP contribution in [0, 0.1) is 0 Å². The van der Waals surface area contributed by atoms with E-state index in [1.807, 2.05) is 4.90 Å². The monoisotopic (exact) mass is 416 g/mol. The van der Waals surface area contributed by atoms with E-state index in [-0.39, 0.29) is 23.4 Å². The lowest BCUT2D eigenvalue weighted by Crippen LogP contribution is -2.56. The summed E-state index contributed by atoms with van der Waals surface area (Å²) in [4.78, 5) is 34.5. The van der Waals surface area contributed by atoms with Crippen molar-refractivity contribution >= 4 is 23.2 Å². The van der Waals surface area contributed by atoms with Gasteiger partial charge in [-0.25, -0.2) is 0 Å². The Bertz CT molecular complexity index is 727. The number of nitrogens with zero attached hydrogens (tertiary/aromatic N) is 3. The molecule has 29 heavy (non-hydrogen) atoms. The van der Waals surface area contributed by atoms with Crippen molar-refractivity contribution in [1.82, 2.24) is 20.0 Å². The van der Waals surface area contributed by atoms with Crippen LogP contribution in [0.25, 0.3) is 0 Å². The Morgan fingerprint density at radius 2 is 2.03 bits per heavy atom. The fourth-order valence-corrected chi connectivity index (χ4v) is 6.32. The smallest absolute Gasteiger partial charge is 0.243 e. The van der Waals surface area contributed by atoms with Gasteiger partial charge in [0.05, 0.1) is 12.0 Å². The van der Waals surface area contributed by atoms with Gasteiger partial charge < -0.3 is 10.2 Å². The van der Waals surface area contributed by atoms with Crippen LogP contribution in [-0.4, -0.2) is 76.9 Å². The maximum Gasteiger partial charge on any atom is 0.243 e. The first kappa shape index (κ1) is 19.5. The zero-order valence-electron chi connectivity index (χ0n) is 17.3. The zero-order chi connectivity index (χ0) is 20.0. The van der Waals surface area contributed by atoms with Gasteiger partial charge in [0, 0.05) is 43.1 Å². The van der Waals surface area contributed by atoms with Crippen molar-refractivity contribution < 1.29 is 9.59 Å². The van der Waals surface area contributed by atoms with Gasteiger partial charge in [-0.3, -0.25) is 19.4 Å². The highest BCUT2D eigenvalue weighted by molar-refractivity contribution is 7.09. The number of amides is 2. The maximum absolute atomic E-state index is 13.2. The Hall–Kier alpha value is -1.44. The number of likely N-dealkylation sites (N-methyl/N-ethyl adjacent to an activating group) is 1. The van der Waals surface area contributed by atoms with E-state index in [4.69, 9.17) is 0 Å². The largest absolute Gasteiger partial charge is 0.348 e. The summed E-state index contributed by atoms with van der Waals surface area (Å²) in [6.45, 7) is 3.55. The highest BCUT2D eigenvalue weighted by Crippen LogP contribution is 2.35. The van der Waals surface area contributed by atoms with E-state index in [2.05, 4.69) is 39.7 Å². The lowest BCUT2D eigenvalue weighted by molar-refractivity contribution is -0.135. The molecule has 0 radical (unpaired) electrons. The topological polar surface area (TPSA) is 55.9 Å². The van der Waals surface area contributed by atoms with Crippen LogP contribution in [0.15, 0.2) is 17.5 Å². The molecule has 1 saturated carbocycles. The molecule has 6 nitrogen and oxygen atoms in total. The van der Waals surface area contributed by atoms with Crippen LogP contribution in [0.5, 0.6) is 0 Å². The maximum atomic E-state index is 13.2. The molecular weight excluding hydrogens is 384 g/mol. The normalized spacial score (nSPS) is 30.3. The molecule has 3 aliphatic heterocycles. The summed E-state index contributed by atoms with van der Waals surface area (Å²) in [5.41, 5.74) is -0.347. The van der Waals surface area contributed by atoms with Crippen LogP contribution >= 0.6 is 11.3 Å². The van der Waals surface area contributed by atoms with Crippen molar-refractivity contribution in [1.29, 1.82) is 0 Å². The lowest BCUT2D eigenvalue weighted by atomic mass is 9.84. The third-order valence-electron chi connectivity index (χ3n) is 7.78. The Balaban J connectivity index is 1.23. The van der Waals surface area contributed by atoms with Crippen molar-refractivity contribution in [2.24, 2.45) is 0 Å². The summed E-state index contributed by atoms with van der Waals surface area (Å²) in [7, 11) is 2.17. The molecule has 2 amide bonds. The molecule has 7 heteroatoms. The van der Waals surface area contributed by atoms with Crippen molar-refractivity contribution in [3.05, 3.63) is 22.4 Å². The summed E-state index contributed by atoms with van der Waals surface area (Å²) in [6, 6.07) is 4.96. The van der Waals surface area contributed by atoms with Crippen molar-refractivity contribution in [2.75, 3.05) is 26.7 Å². The second kappa shape index (κ2) is 7.67. The molecule has 3 saturated heterocycles. The molecule has 1 aromatic rings. The average molecular weight is 417 g/mol. The van der Waals surface area contributed by atoms with Gasteiger partial charge in [0.1, 0.15) is 6.04 Å². The molecule has 0 unspecified atom stereocenters. The van der Waals surface area contributed by atoms with Crippen molar-refractivity contribution in [3.63, 3.8) is 0 Å². The number of carbonyl (C=O) groups excluding carboxylic acids is 2. The van der Waals surface area contributed by atoms with Crippen LogP contribution in [0.4, 0.5) is 0 Å². The Morgan fingerprint density at radius 3 is 2.69 bits per heavy atom. The van der Waals surface area contributed by atoms with Gasteiger partial charge in [-0.1, -0.05) is 12.5 Å². The minimum atomic E-state index is -0.347. The molecule has 1 spiro atoms. The summed E-state index contributed by atoms with van der Waals surface area (Å²) < 4.78 is 0. The van der Waals surface area contributed by atoms with E-state index in [1.165, 1.54) is 24.1 Å². The van der Waals surface area contributed by atoms with E-state index in [0.29, 0.717) is 25.0 Å². The molecule has 4 fully saturated rings. The average Bonchev–Trinajstić information content (AvgIpc) is 3.30. The summed E-state index contributed by atoms with van der Waals surface area (Å²) >= 11 is 1.79. The van der Waals surface area contributed by atoms with Crippen LogP contribution in [-0.2, 0) is 16.1 Å². The van der Waals surface area contributed by atoms with Gasteiger partial charge in [-0.05, 0) is 50.6 Å². The molecule has 0 aromatic carbocycles. The first-order valence-electron chi connectivity index (χ1n) is 11.1. The number of likely N-dealkylation sites (tertiary alicyclic amines) is 1. The molecule has 0 bridgehead atoms. The molecule has 1 aromatic heterocycles. The number of fused-ring (bicyclic) bond motifs is 1. The van der Waals surface area contributed by atoms with Crippen molar-refractivity contribution in [3.8, 4) is 0 Å². The Morgan fingerprint density at radius 1 is 1.24 bits per heavy atom. The standard InChI is InChI=1S/C22H32N4O2S/c1-24(16-4-2-5-16)17-12-19-21(28)23-22(13-20(27)26(19)14-17)7-9-25(10-8-22)15-18-6-3-11-29-18/h3,6,11,16-17,19H,2,4-5,7-10,12-15H2,1H3,(H,23,28)/t17-,19-/m0/s1. The molecule has 4 heterocycles. The summed E-state index contributed by atoms with van der Waals surface area (Å²) in [6.07, 6.45) is 6.78. The minimum absolute atomic E-state index is 0.0760. The van der Waals surface area contributed by atoms with E-state index in [1.54, 1.807) is 11.3 Å². The molecule has 5 rings (SSSR count). The van der Waals surface area contributed by atoms with Gasteiger partial charge in [-0.2, -0.15) is 0 Å². The third-order valence-corrected chi connectivity index (χ3v) is 8.64. The van der Waals surface area contributed by atoms with Crippen LogP contribution in [0.2, 0.25) is 0 Å². The number of piperidine rings is 1. The molecule has 4 aliphatic rings. The second-order valence-electron chi connectivity index (χ2n) is 9.50. The predicted molar refractivity (Wildman–Crippen MR) is 114 cm³/mol. The molecule has 158 valence electrons. The van der Waals surface area contributed by atoms with Gasteiger partial charge in [-0.15, -0.1) is 11.3 Å². The SMILES string of the molecule is CN(C1CCC1)[C@H]1C[C@H]2C(=O)NC3(CCN(Cc4cccs4)CC3)CC(=O)N2C1. The predicted octanol–water partition coefficient (Wildman–Crippen LogP) is 2.06. The quantitative estimate of drug-likeness (QED) is 0.816. The number of hydrogen-bond donors (Lipinski definition) is 1. The highest BCUT2D eigenvalue weighted by atomic mass is 32.1. The minimum Gasteiger partial charge on any atom is -0.348 e. The number of rotatable bonds is 4. The molecule has 2 atom stereocenters. The second-order valence-corrected chi connectivity index (χ2v) is 10.5. The van der Waals surface area contributed by atoms with Gasteiger partial charge in [0.25, 0.3) is 0 Å². The number of thiophene rings is 1. The van der Waals surface area contributed by atoms with Crippen LogP contribution in [0.3, 0.4) is 0 Å². The van der Waals surface area contributed by atoms with E-state index < -0.39 is 0 Å². The first-order valence-corrected chi connectivity index (χ1v) is 12.0. The first-order chi connectivity index (χ1) is 14.0. The lowest BCUT2D eigenvalue weighted by Gasteiger charge is -2.41. The van der Waals surface area contributed by atoms with Crippen LogP contribution in [0.1, 0.15) is 49.8 Å². The van der Waals surface area contributed by atoms with Crippen molar-refractivity contribution in [2.45, 2.75) is 75.2 Å². The third kappa shape index (κ3) is 3.73. The summed E-state index contributed by atoms with van der Waals surface area (Å²) in [5, 5.41) is 5.47. The number of hydrogen-bond acceptors (Lipinski definition) is 5. The Kier molecular flexibility index (Phi) is 5.16. The highest BCUT2D eigenvalue weighted by Gasteiger charge is 2.50. The van der Waals surface area contributed by atoms with Gasteiger partial charge in [0.15, 0.2) is 0 Å². The van der Waals surface area contributed by atoms with E-state index in [0.717, 1.165) is 38.9 Å². The summed E-state index contributed by atoms with van der Waals surface area (Å²) in [5.74, 6) is 0.247. The van der Waals surface area contributed by atoms with Gasteiger partial charge in [0.2, 0.25) is 11.8 Å². The fraction of sp³-hybridized carbons (Fsp3) is 0.727. The van der Waals surface area contributed by atoms with Crippen LogP contribution < -0.4 is 5.32 Å². The Labute approximate surface area is 177 Å². The van der Waals surface area contributed by atoms with E-state index in [9.17, 15) is 9.59 Å². The van der Waals surface area contributed by atoms with Gasteiger partial charge >= 0.3 is 0 Å². The molecule has 1 aliphatic carbocycles. The number of carbonyl (C=O) groups is 2. The molecular formula is C22H32N4O2S. The number of nitrogens with one attached hydrogen (secondary N) is 1. The zero-order valence-corrected chi connectivity index (χ0v) is 18.1. The fourth-order valence-electron chi connectivity index (χ4n) is 5.57.